The topological polar surface area (TPSA) is 62.5 Å². The molecule has 0 spiro atoms. The Morgan fingerprint density at radius 1 is 1.13 bits per heavy atom. The van der Waals surface area contributed by atoms with Crippen LogP contribution < -0.4 is 10.2 Å². The molecular weight excluding hydrogens is 374 g/mol. The summed E-state index contributed by atoms with van der Waals surface area (Å²) in [5, 5.41) is 7.95. The molecule has 30 heavy (non-hydrogen) atoms. The summed E-state index contributed by atoms with van der Waals surface area (Å²) in [7, 11) is 0. The van der Waals surface area contributed by atoms with Crippen molar-refractivity contribution in [1.82, 2.24) is 19.9 Å². The van der Waals surface area contributed by atoms with E-state index in [-0.39, 0.29) is 11.8 Å². The molecule has 1 atom stereocenters. The number of hydrogen-bond acceptors (Lipinski definition) is 4. The normalized spacial score (nSPS) is 18.9. The van der Waals surface area contributed by atoms with Crippen LogP contribution in [0.25, 0.3) is 5.52 Å². The lowest BCUT2D eigenvalue weighted by Crippen LogP contribution is -2.44. The third-order valence-electron chi connectivity index (χ3n) is 6.45. The van der Waals surface area contributed by atoms with Gasteiger partial charge in [0.15, 0.2) is 5.82 Å². The Morgan fingerprint density at radius 2 is 2.00 bits per heavy atom. The number of benzene rings is 1. The van der Waals surface area contributed by atoms with Crippen molar-refractivity contribution >= 4 is 17.2 Å². The van der Waals surface area contributed by atoms with Crippen molar-refractivity contribution in [2.45, 2.75) is 44.9 Å². The van der Waals surface area contributed by atoms with Gasteiger partial charge in [-0.15, -0.1) is 0 Å². The highest BCUT2D eigenvalue weighted by Crippen LogP contribution is 2.32. The highest BCUT2D eigenvalue weighted by Gasteiger charge is 2.29. The van der Waals surface area contributed by atoms with Gasteiger partial charge in [0.1, 0.15) is 5.52 Å². The molecule has 1 saturated heterocycles. The zero-order chi connectivity index (χ0) is 20.3. The third kappa shape index (κ3) is 3.78. The molecule has 1 N–H and O–H groups in total. The van der Waals surface area contributed by atoms with Crippen molar-refractivity contribution in [2.24, 2.45) is 5.92 Å². The van der Waals surface area contributed by atoms with Crippen molar-refractivity contribution in [3.05, 3.63) is 59.5 Å². The van der Waals surface area contributed by atoms with E-state index in [2.05, 4.69) is 22.3 Å². The Labute approximate surface area is 177 Å². The van der Waals surface area contributed by atoms with Crippen molar-refractivity contribution in [2.75, 3.05) is 24.5 Å². The van der Waals surface area contributed by atoms with Crippen molar-refractivity contribution in [3.63, 3.8) is 0 Å². The fourth-order valence-corrected chi connectivity index (χ4v) is 4.88. The first-order chi connectivity index (χ1) is 14.8. The number of nitrogens with zero attached hydrogens (tertiary/aromatic N) is 4. The SMILES string of the molecule is O=C(NCCc1ccccc1)[C@H]1CCCN(c2nccn3nc4c(c23)CCCC4)C1. The number of aromatic nitrogens is 3. The molecule has 5 rings (SSSR count). The van der Waals surface area contributed by atoms with E-state index in [1.165, 1.54) is 29.7 Å². The number of rotatable bonds is 5. The monoisotopic (exact) mass is 403 g/mol. The lowest BCUT2D eigenvalue weighted by atomic mass is 9.95. The number of carbonyl (C=O) groups is 1. The first kappa shape index (κ1) is 19.1. The van der Waals surface area contributed by atoms with E-state index in [1.807, 2.05) is 35.1 Å². The number of hydrogen-bond donors (Lipinski definition) is 1. The van der Waals surface area contributed by atoms with Gasteiger partial charge in [-0.05, 0) is 50.5 Å². The van der Waals surface area contributed by atoms with Crippen LogP contribution in [0.3, 0.4) is 0 Å². The van der Waals surface area contributed by atoms with Gasteiger partial charge in [-0.25, -0.2) is 9.50 Å². The first-order valence-electron chi connectivity index (χ1n) is 11.2. The molecule has 0 bridgehead atoms. The molecule has 6 nitrogen and oxygen atoms in total. The maximum Gasteiger partial charge on any atom is 0.224 e. The van der Waals surface area contributed by atoms with E-state index < -0.39 is 0 Å². The Morgan fingerprint density at radius 3 is 2.90 bits per heavy atom. The molecule has 0 saturated carbocycles. The van der Waals surface area contributed by atoms with Crippen LogP contribution in [0, 0.1) is 5.92 Å². The maximum atomic E-state index is 12.8. The number of anilines is 1. The van der Waals surface area contributed by atoms with Gasteiger partial charge in [0.2, 0.25) is 5.91 Å². The third-order valence-corrected chi connectivity index (χ3v) is 6.45. The second-order valence-corrected chi connectivity index (χ2v) is 8.49. The van der Waals surface area contributed by atoms with E-state index in [0.717, 1.165) is 56.5 Å². The van der Waals surface area contributed by atoms with E-state index in [4.69, 9.17) is 10.1 Å². The molecule has 2 aliphatic rings. The summed E-state index contributed by atoms with van der Waals surface area (Å²) in [4.78, 5) is 19.9. The highest BCUT2D eigenvalue weighted by molar-refractivity contribution is 5.80. The van der Waals surface area contributed by atoms with Crippen LogP contribution in [-0.4, -0.2) is 40.1 Å². The molecule has 1 aromatic carbocycles. The van der Waals surface area contributed by atoms with E-state index in [9.17, 15) is 4.79 Å². The Bertz CT molecular complexity index is 1030. The predicted molar refractivity (Wildman–Crippen MR) is 118 cm³/mol. The van der Waals surface area contributed by atoms with Crippen LogP contribution in [0.4, 0.5) is 5.82 Å². The van der Waals surface area contributed by atoms with E-state index in [0.29, 0.717) is 6.54 Å². The summed E-state index contributed by atoms with van der Waals surface area (Å²) in [6, 6.07) is 10.3. The number of piperidine rings is 1. The maximum absolute atomic E-state index is 12.8. The summed E-state index contributed by atoms with van der Waals surface area (Å²) in [5.41, 5.74) is 4.99. The molecule has 0 unspecified atom stereocenters. The summed E-state index contributed by atoms with van der Waals surface area (Å²) in [5.74, 6) is 1.17. The average molecular weight is 404 g/mol. The van der Waals surface area contributed by atoms with Gasteiger partial charge in [0, 0.05) is 37.6 Å². The Kier molecular flexibility index (Phi) is 5.39. The number of amides is 1. The minimum absolute atomic E-state index is 0.00956. The van der Waals surface area contributed by atoms with Crippen molar-refractivity contribution in [1.29, 1.82) is 0 Å². The second kappa shape index (κ2) is 8.46. The molecule has 1 fully saturated rings. The van der Waals surface area contributed by atoms with Gasteiger partial charge >= 0.3 is 0 Å². The van der Waals surface area contributed by atoms with Gasteiger partial charge in [0.05, 0.1) is 11.6 Å². The number of aryl methyl sites for hydroxylation is 2. The number of fused-ring (bicyclic) bond motifs is 3. The molecule has 0 radical (unpaired) electrons. The quantitative estimate of drug-likeness (QED) is 0.711. The van der Waals surface area contributed by atoms with Crippen LogP contribution in [0.5, 0.6) is 0 Å². The molecule has 2 aromatic heterocycles. The molecule has 3 heterocycles. The smallest absolute Gasteiger partial charge is 0.224 e. The Balaban J connectivity index is 1.28. The standard InChI is InChI=1S/C24H29N5O/c30-24(26-13-12-18-7-2-1-3-8-18)19-9-6-15-28(17-19)23-22-20-10-4-5-11-21(20)27-29(22)16-14-25-23/h1-3,7-8,14,16,19H,4-6,9-13,15,17H2,(H,26,30)/t19-/m0/s1. The Hall–Kier alpha value is -2.89. The summed E-state index contributed by atoms with van der Waals surface area (Å²) in [6.45, 7) is 2.35. The number of nitrogens with one attached hydrogen (secondary N) is 1. The molecular formula is C24H29N5O. The van der Waals surface area contributed by atoms with Gasteiger partial charge in [-0.2, -0.15) is 5.10 Å². The van der Waals surface area contributed by atoms with Crippen molar-refractivity contribution < 1.29 is 4.79 Å². The van der Waals surface area contributed by atoms with Gasteiger partial charge in [0.25, 0.3) is 0 Å². The van der Waals surface area contributed by atoms with Crippen LogP contribution in [0.1, 0.15) is 42.5 Å². The lowest BCUT2D eigenvalue weighted by molar-refractivity contribution is -0.125. The average Bonchev–Trinajstić information content (AvgIpc) is 3.19. The van der Waals surface area contributed by atoms with E-state index in [1.54, 1.807) is 0 Å². The minimum atomic E-state index is 0.00956. The number of carbonyl (C=O) groups excluding carboxylic acids is 1. The zero-order valence-electron chi connectivity index (χ0n) is 17.4. The fraction of sp³-hybridized carbons (Fsp3) is 0.458. The van der Waals surface area contributed by atoms with Gasteiger partial charge in [-0.1, -0.05) is 30.3 Å². The minimum Gasteiger partial charge on any atom is -0.355 e. The van der Waals surface area contributed by atoms with Crippen LogP contribution >= 0.6 is 0 Å². The van der Waals surface area contributed by atoms with E-state index >= 15 is 0 Å². The highest BCUT2D eigenvalue weighted by atomic mass is 16.1. The molecule has 6 heteroatoms. The summed E-state index contributed by atoms with van der Waals surface area (Å²) >= 11 is 0. The summed E-state index contributed by atoms with van der Waals surface area (Å²) < 4.78 is 2.00. The second-order valence-electron chi connectivity index (χ2n) is 8.49. The summed E-state index contributed by atoms with van der Waals surface area (Å²) in [6.07, 6.45) is 11.2. The van der Waals surface area contributed by atoms with Crippen LogP contribution in [0.15, 0.2) is 42.7 Å². The first-order valence-corrected chi connectivity index (χ1v) is 11.2. The molecule has 1 amide bonds. The molecule has 3 aromatic rings. The molecule has 156 valence electrons. The molecule has 1 aliphatic carbocycles. The van der Waals surface area contributed by atoms with Gasteiger partial charge < -0.3 is 10.2 Å². The zero-order valence-corrected chi connectivity index (χ0v) is 17.4. The fourth-order valence-electron chi connectivity index (χ4n) is 4.88. The van der Waals surface area contributed by atoms with Gasteiger partial charge in [-0.3, -0.25) is 4.79 Å². The lowest BCUT2D eigenvalue weighted by Gasteiger charge is -2.33. The largest absolute Gasteiger partial charge is 0.355 e. The van der Waals surface area contributed by atoms with Crippen LogP contribution in [-0.2, 0) is 24.1 Å². The van der Waals surface area contributed by atoms with Crippen molar-refractivity contribution in [3.8, 4) is 0 Å². The van der Waals surface area contributed by atoms with Crippen LogP contribution in [0.2, 0.25) is 0 Å². The molecule has 1 aliphatic heterocycles. The predicted octanol–water partition coefficient (Wildman–Crippen LogP) is 3.18.